The van der Waals surface area contributed by atoms with Gasteiger partial charge in [-0.25, -0.2) is 4.90 Å². The zero-order chi connectivity index (χ0) is 28.0. The van der Waals surface area contributed by atoms with Crippen LogP contribution in [0.2, 0.25) is 0 Å². The van der Waals surface area contributed by atoms with Gasteiger partial charge in [0.05, 0.1) is 16.6 Å². The third-order valence-electron chi connectivity index (χ3n) is 6.85. The predicted molar refractivity (Wildman–Crippen MR) is 158 cm³/mol. The van der Waals surface area contributed by atoms with E-state index < -0.39 is 17.1 Å². The first-order chi connectivity index (χ1) is 19.3. The van der Waals surface area contributed by atoms with Crippen molar-refractivity contribution in [3.8, 4) is 5.75 Å². The quantitative estimate of drug-likeness (QED) is 0.278. The van der Waals surface area contributed by atoms with Gasteiger partial charge < -0.3 is 15.0 Å². The van der Waals surface area contributed by atoms with Crippen LogP contribution in [0.3, 0.4) is 0 Å². The second-order valence-electron chi connectivity index (χ2n) is 9.51. The molecule has 0 spiro atoms. The number of fused-ring (bicyclic) bond motifs is 2. The molecule has 8 nitrogen and oxygen atoms in total. The molecule has 3 aromatic carbocycles. The number of aryl methyl sites for hydroxylation is 1. The van der Waals surface area contributed by atoms with Crippen LogP contribution in [0.15, 0.2) is 87.1 Å². The summed E-state index contributed by atoms with van der Waals surface area (Å²) < 4.78 is 6.53. The molecule has 0 radical (unpaired) electrons. The number of carbonyl (C=O) groups is 3. The van der Waals surface area contributed by atoms with Gasteiger partial charge in [-0.1, -0.05) is 68.9 Å². The summed E-state index contributed by atoms with van der Waals surface area (Å²) >= 11 is 5.69. The SMILES string of the molecule is Cc1ccc(NC(=O)COc2ccc([C@H]3c4sc(=O)[nH]c4SC4C(=O)N(c5ccc(Br)cc5)C(=O)C43)cc2)cc1. The van der Waals surface area contributed by atoms with E-state index in [1.807, 2.05) is 43.3 Å². The Bertz CT molecular complexity index is 1670. The number of hydrogen-bond acceptors (Lipinski definition) is 7. The van der Waals surface area contributed by atoms with Crippen LogP contribution in [-0.2, 0) is 14.4 Å². The summed E-state index contributed by atoms with van der Waals surface area (Å²) in [6.07, 6.45) is 0. The van der Waals surface area contributed by atoms with E-state index in [-0.39, 0.29) is 29.2 Å². The number of rotatable bonds is 6. The molecule has 2 aliphatic rings. The number of anilines is 2. The van der Waals surface area contributed by atoms with Crippen molar-refractivity contribution in [2.24, 2.45) is 5.92 Å². The summed E-state index contributed by atoms with van der Waals surface area (Å²) in [5.74, 6) is -1.56. The summed E-state index contributed by atoms with van der Waals surface area (Å²) in [6, 6.07) is 21.6. The average Bonchev–Trinajstić information content (AvgIpc) is 3.44. The summed E-state index contributed by atoms with van der Waals surface area (Å²) in [5, 5.41) is 2.75. The van der Waals surface area contributed by atoms with Gasteiger partial charge in [-0.2, -0.15) is 0 Å². The minimum absolute atomic E-state index is 0.170. The highest BCUT2D eigenvalue weighted by Crippen LogP contribution is 2.53. The van der Waals surface area contributed by atoms with E-state index in [0.717, 1.165) is 31.8 Å². The Hall–Kier alpha value is -3.67. The van der Waals surface area contributed by atoms with E-state index >= 15 is 0 Å². The fourth-order valence-corrected chi connectivity index (χ4v) is 7.75. The fraction of sp³-hybridized carbons (Fsp3) is 0.172. The predicted octanol–water partition coefficient (Wildman–Crippen LogP) is 5.32. The summed E-state index contributed by atoms with van der Waals surface area (Å²) in [4.78, 5) is 56.5. The monoisotopic (exact) mass is 635 g/mol. The molecule has 3 amide bonds. The number of ether oxygens (including phenoxy) is 1. The molecule has 6 rings (SSSR count). The Morgan fingerprint density at radius 3 is 2.38 bits per heavy atom. The number of amides is 3. The molecular formula is C29H22BrN3O5S2. The lowest BCUT2D eigenvalue weighted by Crippen LogP contribution is -2.32. The number of benzene rings is 3. The molecule has 4 aromatic rings. The Labute approximate surface area is 245 Å². The van der Waals surface area contributed by atoms with E-state index in [4.69, 9.17) is 4.74 Å². The largest absolute Gasteiger partial charge is 0.484 e. The van der Waals surface area contributed by atoms with Gasteiger partial charge in [0, 0.05) is 21.0 Å². The fourth-order valence-electron chi connectivity index (χ4n) is 4.98. The molecule has 1 fully saturated rings. The summed E-state index contributed by atoms with van der Waals surface area (Å²) in [6.45, 7) is 1.80. The van der Waals surface area contributed by atoms with Crippen LogP contribution in [0, 0.1) is 12.8 Å². The third-order valence-corrected chi connectivity index (χ3v) is 9.78. The van der Waals surface area contributed by atoms with Crippen molar-refractivity contribution in [2.45, 2.75) is 23.1 Å². The molecule has 3 heterocycles. The smallest absolute Gasteiger partial charge is 0.305 e. The van der Waals surface area contributed by atoms with Crippen molar-refractivity contribution in [3.05, 3.63) is 103 Å². The van der Waals surface area contributed by atoms with Gasteiger partial charge in [0.15, 0.2) is 6.61 Å². The highest BCUT2D eigenvalue weighted by molar-refractivity contribution is 9.10. The lowest BCUT2D eigenvalue weighted by Gasteiger charge is -2.29. The normalized spacial score (nSPS) is 19.8. The molecule has 40 heavy (non-hydrogen) atoms. The second-order valence-corrected chi connectivity index (χ2v) is 12.6. The maximum Gasteiger partial charge on any atom is 0.305 e. The Kier molecular flexibility index (Phi) is 7.11. The molecule has 3 atom stereocenters. The summed E-state index contributed by atoms with van der Waals surface area (Å²) in [5.41, 5.74) is 3.08. The molecule has 11 heteroatoms. The topological polar surface area (TPSA) is 109 Å². The van der Waals surface area contributed by atoms with E-state index in [9.17, 15) is 19.2 Å². The summed E-state index contributed by atoms with van der Waals surface area (Å²) in [7, 11) is 0. The van der Waals surface area contributed by atoms with Crippen LogP contribution in [0.1, 0.15) is 21.9 Å². The Balaban J connectivity index is 1.24. The lowest BCUT2D eigenvalue weighted by molar-refractivity contribution is -0.122. The minimum atomic E-state index is -0.674. The number of imide groups is 1. The highest BCUT2D eigenvalue weighted by atomic mass is 79.9. The first-order valence-corrected chi connectivity index (χ1v) is 14.9. The number of H-pyrrole nitrogens is 1. The number of nitrogens with one attached hydrogen (secondary N) is 2. The number of carbonyl (C=O) groups excluding carboxylic acids is 3. The molecule has 0 bridgehead atoms. The average molecular weight is 637 g/mol. The molecule has 1 saturated heterocycles. The van der Waals surface area contributed by atoms with Gasteiger partial charge in [-0.15, -0.1) is 0 Å². The molecule has 2 unspecified atom stereocenters. The Morgan fingerprint density at radius 2 is 1.68 bits per heavy atom. The van der Waals surface area contributed by atoms with Crippen LogP contribution in [0.4, 0.5) is 11.4 Å². The van der Waals surface area contributed by atoms with Crippen LogP contribution in [0.5, 0.6) is 5.75 Å². The van der Waals surface area contributed by atoms with Crippen molar-refractivity contribution in [3.63, 3.8) is 0 Å². The lowest BCUT2D eigenvalue weighted by atomic mass is 9.83. The standard InChI is InChI=1S/C29H22BrN3O5S2/c1-15-2-8-18(9-3-15)31-21(34)14-38-20-12-4-16(5-13-20)22-23-25(39-26-24(22)40-29(37)32-26)28(36)33(27(23)35)19-10-6-17(30)7-11-19/h2-13,22-23,25H,14H2,1H3,(H,31,34)(H,32,37)/t22-,23?,25?/m1/s1. The molecule has 0 saturated carbocycles. The number of nitrogens with zero attached hydrogens (tertiary/aromatic N) is 1. The van der Waals surface area contributed by atoms with Crippen molar-refractivity contribution in [2.75, 3.05) is 16.8 Å². The zero-order valence-electron chi connectivity index (χ0n) is 21.1. The van der Waals surface area contributed by atoms with Gasteiger partial charge in [0.25, 0.3) is 5.91 Å². The number of hydrogen-bond donors (Lipinski definition) is 2. The van der Waals surface area contributed by atoms with E-state index in [2.05, 4.69) is 26.2 Å². The van der Waals surface area contributed by atoms with Crippen molar-refractivity contribution < 1.29 is 19.1 Å². The van der Waals surface area contributed by atoms with Gasteiger partial charge in [0.2, 0.25) is 11.8 Å². The van der Waals surface area contributed by atoms with Crippen molar-refractivity contribution >= 4 is 68.1 Å². The van der Waals surface area contributed by atoms with E-state index in [1.165, 1.54) is 16.7 Å². The van der Waals surface area contributed by atoms with Crippen LogP contribution < -0.4 is 19.8 Å². The maximum atomic E-state index is 13.8. The second kappa shape index (κ2) is 10.7. The molecule has 2 aliphatic heterocycles. The van der Waals surface area contributed by atoms with Crippen LogP contribution in [-0.4, -0.2) is 34.6 Å². The first-order valence-electron chi connectivity index (χ1n) is 12.4. The minimum Gasteiger partial charge on any atom is -0.484 e. The third kappa shape index (κ3) is 5.00. The number of thioether (sulfide) groups is 1. The Morgan fingerprint density at radius 1 is 0.975 bits per heavy atom. The van der Waals surface area contributed by atoms with E-state index in [0.29, 0.717) is 22.2 Å². The molecule has 1 aromatic heterocycles. The number of halogens is 1. The highest BCUT2D eigenvalue weighted by Gasteiger charge is 2.56. The van der Waals surface area contributed by atoms with Crippen LogP contribution in [0.25, 0.3) is 0 Å². The van der Waals surface area contributed by atoms with Gasteiger partial charge >= 0.3 is 4.87 Å². The van der Waals surface area contributed by atoms with E-state index in [1.54, 1.807) is 36.4 Å². The molecule has 202 valence electrons. The van der Waals surface area contributed by atoms with Crippen molar-refractivity contribution in [1.29, 1.82) is 0 Å². The number of thiazole rings is 1. The van der Waals surface area contributed by atoms with Gasteiger partial charge in [0.1, 0.15) is 11.0 Å². The zero-order valence-corrected chi connectivity index (χ0v) is 24.3. The van der Waals surface area contributed by atoms with Gasteiger partial charge in [-0.05, 0) is 61.0 Å². The van der Waals surface area contributed by atoms with Crippen LogP contribution >= 0.6 is 39.0 Å². The first kappa shape index (κ1) is 26.5. The number of aromatic amines is 1. The number of aromatic nitrogens is 1. The molecule has 2 N–H and O–H groups in total. The maximum absolute atomic E-state index is 13.8. The molecule has 0 aliphatic carbocycles. The van der Waals surface area contributed by atoms with Gasteiger partial charge in [-0.3, -0.25) is 19.2 Å². The molecular weight excluding hydrogens is 614 g/mol. The van der Waals surface area contributed by atoms with Crippen molar-refractivity contribution in [1.82, 2.24) is 4.98 Å².